The number of hydrogen-bond acceptors (Lipinski definition) is 2. The maximum atomic E-state index is 12.0. The molecule has 2 amide bonds. The molecule has 0 unspecified atom stereocenters. The normalized spacial score (nSPS) is 10.1. The number of benzene rings is 2. The van der Waals surface area contributed by atoms with Gasteiger partial charge in [-0.2, -0.15) is 0 Å². The average molecular weight is 296 g/mol. The standard InChI is InChI=1S/C18H20N2O2/c1-13-7-9-15(10-8-13)17(21)19-11-12-20-18(22)16-6-4-3-5-14(16)2/h3-10H,11-12H2,1-2H3,(H,19,21)(H,20,22). The number of nitrogens with one attached hydrogen (secondary N) is 2. The van der Waals surface area contributed by atoms with Gasteiger partial charge >= 0.3 is 0 Å². The molecule has 0 saturated carbocycles. The molecule has 0 radical (unpaired) electrons. The average Bonchev–Trinajstić information content (AvgIpc) is 2.52. The Morgan fingerprint density at radius 1 is 0.818 bits per heavy atom. The van der Waals surface area contributed by atoms with Crippen LogP contribution in [0.3, 0.4) is 0 Å². The number of amides is 2. The van der Waals surface area contributed by atoms with Crippen LogP contribution in [0.4, 0.5) is 0 Å². The Bertz CT molecular complexity index is 663. The molecule has 0 saturated heterocycles. The lowest BCUT2D eigenvalue weighted by Crippen LogP contribution is -2.34. The van der Waals surface area contributed by atoms with Crippen LogP contribution in [0.25, 0.3) is 0 Å². The Hall–Kier alpha value is -2.62. The first kappa shape index (κ1) is 15.8. The van der Waals surface area contributed by atoms with Crippen LogP contribution in [0.2, 0.25) is 0 Å². The molecule has 4 nitrogen and oxygen atoms in total. The molecule has 0 heterocycles. The molecule has 0 aliphatic rings. The van der Waals surface area contributed by atoms with Gasteiger partial charge in [0.25, 0.3) is 11.8 Å². The first-order valence-corrected chi connectivity index (χ1v) is 7.26. The molecule has 2 rings (SSSR count). The SMILES string of the molecule is Cc1ccc(C(=O)NCCNC(=O)c2ccccc2C)cc1. The minimum atomic E-state index is -0.134. The van der Waals surface area contributed by atoms with Crippen molar-refractivity contribution in [3.63, 3.8) is 0 Å². The third-order valence-corrected chi connectivity index (χ3v) is 3.40. The summed E-state index contributed by atoms with van der Waals surface area (Å²) in [5.41, 5.74) is 3.33. The topological polar surface area (TPSA) is 58.2 Å². The van der Waals surface area contributed by atoms with Gasteiger partial charge < -0.3 is 10.6 Å². The molecule has 0 aliphatic heterocycles. The molecule has 114 valence electrons. The van der Waals surface area contributed by atoms with Crippen molar-refractivity contribution in [3.8, 4) is 0 Å². The Morgan fingerprint density at radius 2 is 1.41 bits per heavy atom. The summed E-state index contributed by atoms with van der Waals surface area (Å²) >= 11 is 0. The second-order valence-corrected chi connectivity index (χ2v) is 5.19. The molecule has 0 atom stereocenters. The van der Waals surface area contributed by atoms with Gasteiger partial charge in [0.05, 0.1) is 0 Å². The highest BCUT2D eigenvalue weighted by Gasteiger charge is 2.08. The number of hydrogen-bond donors (Lipinski definition) is 2. The predicted molar refractivity (Wildman–Crippen MR) is 87.0 cm³/mol. The Labute approximate surface area is 130 Å². The van der Waals surface area contributed by atoms with E-state index in [9.17, 15) is 9.59 Å². The largest absolute Gasteiger partial charge is 0.350 e. The van der Waals surface area contributed by atoms with Gasteiger partial charge in [-0.3, -0.25) is 9.59 Å². The summed E-state index contributed by atoms with van der Waals surface area (Å²) in [5.74, 6) is -0.257. The van der Waals surface area contributed by atoms with Gasteiger partial charge in [-0.25, -0.2) is 0 Å². The van der Waals surface area contributed by atoms with Gasteiger partial charge in [-0.15, -0.1) is 0 Å². The van der Waals surface area contributed by atoms with Crippen molar-refractivity contribution < 1.29 is 9.59 Å². The Kier molecular flexibility index (Phi) is 5.31. The van der Waals surface area contributed by atoms with Crippen LogP contribution in [-0.2, 0) is 0 Å². The number of carbonyl (C=O) groups excluding carboxylic acids is 2. The highest BCUT2D eigenvalue weighted by Crippen LogP contribution is 2.06. The van der Waals surface area contributed by atoms with Gasteiger partial charge in [0, 0.05) is 24.2 Å². The van der Waals surface area contributed by atoms with E-state index >= 15 is 0 Å². The van der Waals surface area contributed by atoms with Crippen molar-refractivity contribution in [1.29, 1.82) is 0 Å². The Balaban J connectivity index is 1.77. The molecule has 4 heteroatoms. The molecule has 0 bridgehead atoms. The van der Waals surface area contributed by atoms with E-state index in [4.69, 9.17) is 0 Å². The summed E-state index contributed by atoms with van der Waals surface area (Å²) in [5, 5.41) is 5.59. The van der Waals surface area contributed by atoms with Gasteiger partial charge in [-0.05, 0) is 37.6 Å². The van der Waals surface area contributed by atoms with Crippen molar-refractivity contribution in [2.75, 3.05) is 13.1 Å². The zero-order chi connectivity index (χ0) is 15.9. The monoisotopic (exact) mass is 296 g/mol. The van der Waals surface area contributed by atoms with Crippen molar-refractivity contribution in [2.45, 2.75) is 13.8 Å². The first-order chi connectivity index (χ1) is 10.6. The molecule has 22 heavy (non-hydrogen) atoms. The molecule has 0 aliphatic carbocycles. The highest BCUT2D eigenvalue weighted by molar-refractivity contribution is 5.96. The lowest BCUT2D eigenvalue weighted by Gasteiger charge is -2.09. The van der Waals surface area contributed by atoms with Crippen LogP contribution in [0.5, 0.6) is 0 Å². The van der Waals surface area contributed by atoms with Crippen LogP contribution < -0.4 is 10.6 Å². The van der Waals surface area contributed by atoms with Crippen LogP contribution in [0, 0.1) is 13.8 Å². The fourth-order valence-electron chi connectivity index (χ4n) is 2.08. The second-order valence-electron chi connectivity index (χ2n) is 5.19. The highest BCUT2D eigenvalue weighted by atomic mass is 16.2. The van der Waals surface area contributed by atoms with Crippen molar-refractivity contribution in [1.82, 2.24) is 10.6 Å². The minimum absolute atomic E-state index is 0.123. The molecular formula is C18H20N2O2. The van der Waals surface area contributed by atoms with Gasteiger partial charge in [-0.1, -0.05) is 35.9 Å². The van der Waals surface area contributed by atoms with E-state index in [1.54, 1.807) is 18.2 Å². The number of carbonyl (C=O) groups is 2. The summed E-state index contributed by atoms with van der Waals surface area (Å²) in [6, 6.07) is 14.8. The first-order valence-electron chi connectivity index (χ1n) is 7.26. The Morgan fingerprint density at radius 3 is 2.05 bits per heavy atom. The van der Waals surface area contributed by atoms with Crippen LogP contribution in [0.15, 0.2) is 48.5 Å². The number of aryl methyl sites for hydroxylation is 2. The minimum Gasteiger partial charge on any atom is -0.350 e. The summed E-state index contributed by atoms with van der Waals surface area (Å²) < 4.78 is 0. The predicted octanol–water partition coefficient (Wildman–Crippen LogP) is 2.46. The van der Waals surface area contributed by atoms with Crippen molar-refractivity contribution >= 4 is 11.8 Å². The maximum absolute atomic E-state index is 12.0. The second kappa shape index (κ2) is 7.41. The van der Waals surface area contributed by atoms with Crippen molar-refractivity contribution in [3.05, 3.63) is 70.8 Å². The van der Waals surface area contributed by atoms with E-state index < -0.39 is 0 Å². The van der Waals surface area contributed by atoms with Gasteiger partial charge in [0.15, 0.2) is 0 Å². The molecule has 2 aromatic carbocycles. The fraction of sp³-hybridized carbons (Fsp3) is 0.222. The fourth-order valence-corrected chi connectivity index (χ4v) is 2.08. The third-order valence-electron chi connectivity index (χ3n) is 3.40. The van der Waals surface area contributed by atoms with Gasteiger partial charge in [0.2, 0.25) is 0 Å². The molecule has 2 N–H and O–H groups in total. The lowest BCUT2D eigenvalue weighted by atomic mass is 10.1. The van der Waals surface area contributed by atoms with E-state index in [0.29, 0.717) is 24.2 Å². The molecule has 0 fully saturated rings. The smallest absolute Gasteiger partial charge is 0.251 e. The molecule has 0 spiro atoms. The van der Waals surface area contributed by atoms with Crippen molar-refractivity contribution in [2.24, 2.45) is 0 Å². The zero-order valence-electron chi connectivity index (χ0n) is 12.8. The molecule has 0 aromatic heterocycles. The summed E-state index contributed by atoms with van der Waals surface area (Å²) in [4.78, 5) is 23.9. The van der Waals surface area contributed by atoms with E-state index in [0.717, 1.165) is 11.1 Å². The lowest BCUT2D eigenvalue weighted by molar-refractivity contribution is 0.0927. The van der Waals surface area contributed by atoms with E-state index in [1.807, 2.05) is 44.2 Å². The zero-order valence-corrected chi connectivity index (χ0v) is 12.8. The summed E-state index contributed by atoms with van der Waals surface area (Å²) in [6.07, 6.45) is 0. The molecular weight excluding hydrogens is 276 g/mol. The van der Waals surface area contributed by atoms with Crippen LogP contribution in [0.1, 0.15) is 31.8 Å². The third kappa shape index (κ3) is 4.19. The summed E-state index contributed by atoms with van der Waals surface area (Å²) in [6.45, 7) is 4.66. The summed E-state index contributed by atoms with van der Waals surface area (Å²) in [7, 11) is 0. The van der Waals surface area contributed by atoms with E-state index in [1.165, 1.54) is 0 Å². The van der Waals surface area contributed by atoms with E-state index in [-0.39, 0.29) is 11.8 Å². The van der Waals surface area contributed by atoms with E-state index in [2.05, 4.69) is 10.6 Å². The number of rotatable bonds is 5. The van der Waals surface area contributed by atoms with Gasteiger partial charge in [0.1, 0.15) is 0 Å². The maximum Gasteiger partial charge on any atom is 0.251 e. The molecule has 2 aromatic rings. The van der Waals surface area contributed by atoms with Crippen LogP contribution >= 0.6 is 0 Å². The van der Waals surface area contributed by atoms with Crippen LogP contribution in [-0.4, -0.2) is 24.9 Å². The quantitative estimate of drug-likeness (QED) is 0.833.